The number of aliphatic hydroxyl groups is 2. The molecule has 0 aliphatic carbocycles. The molecule has 0 bridgehead atoms. The van der Waals surface area contributed by atoms with Crippen molar-refractivity contribution < 1.29 is 47.8 Å². The lowest BCUT2D eigenvalue weighted by molar-refractivity contribution is -0.161. The summed E-state index contributed by atoms with van der Waals surface area (Å²) in [6, 6.07) is 0. The molecule has 10 nitrogen and oxygen atoms in total. The SMILES string of the molecule is CCCCCCCCCCCCC/C=C/CCC(=O)OC[C@H](COP(=O)(O)OC[C@@H](O)CO)OC(=O)CCC/C=C/CCCCCCCCCCCCCCCCCCCC. The van der Waals surface area contributed by atoms with Crippen LogP contribution in [0.1, 0.15) is 245 Å². The van der Waals surface area contributed by atoms with Crippen molar-refractivity contribution in [1.82, 2.24) is 0 Å². The second-order valence-corrected chi connectivity index (χ2v) is 18.6. The molecule has 0 rings (SSSR count). The molecule has 0 aliphatic heterocycles. The van der Waals surface area contributed by atoms with E-state index < -0.39 is 51.8 Å². The number of rotatable bonds is 48. The smallest absolute Gasteiger partial charge is 0.462 e. The average Bonchev–Trinajstić information content (AvgIpc) is 3.25. The van der Waals surface area contributed by atoms with Crippen LogP contribution in [0.2, 0.25) is 0 Å². The minimum absolute atomic E-state index is 0.133. The maximum Gasteiger partial charge on any atom is 0.472 e. The molecule has 0 radical (unpaired) electrons. The predicted octanol–water partition coefficient (Wildman–Crippen LogP) is 14.1. The molecule has 11 heteroatoms. The summed E-state index contributed by atoms with van der Waals surface area (Å²) in [4.78, 5) is 35.1. The number of phosphoric ester groups is 1. The van der Waals surface area contributed by atoms with Gasteiger partial charge in [-0.05, 0) is 44.9 Å². The Morgan fingerprint density at radius 2 is 0.836 bits per heavy atom. The highest BCUT2D eigenvalue weighted by molar-refractivity contribution is 7.47. The molecule has 0 amide bonds. The third kappa shape index (κ3) is 46.3. The van der Waals surface area contributed by atoms with Crippen molar-refractivity contribution in [1.29, 1.82) is 0 Å². The van der Waals surface area contributed by atoms with E-state index in [-0.39, 0.29) is 19.4 Å². The van der Waals surface area contributed by atoms with Gasteiger partial charge in [0, 0.05) is 12.8 Å². The van der Waals surface area contributed by atoms with Crippen LogP contribution >= 0.6 is 7.82 Å². The Morgan fingerprint density at radius 3 is 1.25 bits per heavy atom. The second kappa shape index (κ2) is 46.4. The normalized spacial score (nSPS) is 13.9. The molecule has 360 valence electrons. The fourth-order valence-corrected chi connectivity index (χ4v) is 7.98. The first-order chi connectivity index (χ1) is 29.7. The molecule has 0 fully saturated rings. The van der Waals surface area contributed by atoms with Gasteiger partial charge >= 0.3 is 19.8 Å². The van der Waals surface area contributed by atoms with Crippen LogP contribution in [0.15, 0.2) is 24.3 Å². The highest BCUT2D eigenvalue weighted by Crippen LogP contribution is 2.43. The van der Waals surface area contributed by atoms with Crippen LogP contribution in [0.3, 0.4) is 0 Å². The summed E-state index contributed by atoms with van der Waals surface area (Å²) in [5.41, 5.74) is 0. The van der Waals surface area contributed by atoms with Gasteiger partial charge in [-0.15, -0.1) is 0 Å². The molecule has 3 atom stereocenters. The lowest BCUT2D eigenvalue weighted by Crippen LogP contribution is -2.29. The molecular weight excluding hydrogens is 792 g/mol. The van der Waals surface area contributed by atoms with Crippen molar-refractivity contribution in [3.05, 3.63) is 24.3 Å². The molecule has 0 aromatic heterocycles. The quantitative estimate of drug-likeness (QED) is 0.0233. The number of hydrogen-bond donors (Lipinski definition) is 3. The zero-order valence-electron chi connectivity index (χ0n) is 39.4. The molecular formula is C50H95O10P. The van der Waals surface area contributed by atoms with Gasteiger partial charge in [0.1, 0.15) is 12.7 Å². The maximum atomic E-state index is 12.6. The number of unbranched alkanes of at least 4 members (excludes halogenated alkanes) is 30. The molecule has 0 aromatic carbocycles. The van der Waals surface area contributed by atoms with E-state index in [2.05, 4.69) is 32.1 Å². The van der Waals surface area contributed by atoms with Gasteiger partial charge in [0.15, 0.2) is 6.10 Å². The van der Waals surface area contributed by atoms with E-state index in [9.17, 15) is 24.2 Å². The Labute approximate surface area is 374 Å². The number of esters is 2. The number of aliphatic hydroxyl groups excluding tert-OH is 2. The van der Waals surface area contributed by atoms with Crippen LogP contribution in [-0.4, -0.2) is 65.7 Å². The molecule has 0 heterocycles. The van der Waals surface area contributed by atoms with Gasteiger partial charge in [-0.2, -0.15) is 0 Å². The average molecular weight is 887 g/mol. The Hall–Kier alpha value is -1.55. The fraction of sp³-hybridized carbons (Fsp3) is 0.880. The first kappa shape index (κ1) is 59.5. The molecule has 0 aliphatic rings. The van der Waals surface area contributed by atoms with Crippen LogP contribution in [0.25, 0.3) is 0 Å². The first-order valence-corrected chi connectivity index (χ1v) is 26.8. The summed E-state index contributed by atoms with van der Waals surface area (Å²) >= 11 is 0. The molecule has 0 aromatic rings. The van der Waals surface area contributed by atoms with Gasteiger partial charge in [0.05, 0.1) is 19.8 Å². The van der Waals surface area contributed by atoms with Crippen molar-refractivity contribution in [3.8, 4) is 0 Å². The van der Waals surface area contributed by atoms with Gasteiger partial charge in [-0.3, -0.25) is 18.6 Å². The summed E-state index contributed by atoms with van der Waals surface area (Å²) in [6.07, 6.45) is 48.9. The van der Waals surface area contributed by atoms with E-state index in [1.807, 2.05) is 6.08 Å². The summed E-state index contributed by atoms with van der Waals surface area (Å²) in [5, 5.41) is 18.4. The number of hydrogen-bond acceptors (Lipinski definition) is 9. The lowest BCUT2D eigenvalue weighted by Gasteiger charge is -2.20. The second-order valence-electron chi connectivity index (χ2n) is 17.2. The maximum absolute atomic E-state index is 12.6. The van der Waals surface area contributed by atoms with E-state index in [4.69, 9.17) is 23.6 Å². The summed E-state index contributed by atoms with van der Waals surface area (Å²) in [5.74, 6) is -1.01. The minimum atomic E-state index is -4.63. The Bertz CT molecular complexity index is 1070. The summed E-state index contributed by atoms with van der Waals surface area (Å²) in [7, 11) is -4.63. The van der Waals surface area contributed by atoms with Crippen LogP contribution < -0.4 is 0 Å². The fourth-order valence-electron chi connectivity index (χ4n) is 7.19. The standard InChI is InChI=1S/C50H95O10P/c1-3-5-7-9-11-13-15-17-19-20-21-22-23-24-25-26-28-30-32-34-36-38-40-42-50(54)60-48(46-59-61(55,56)58-44-47(52)43-51)45-57-49(53)41-39-37-35-33-31-29-27-18-16-14-12-10-8-6-4-2/h34-37,47-48,51-52H,3-33,38-46H2,1-2H3,(H,55,56)/b36-34+,37-35+/t47-,48+/m0/s1. The molecule has 61 heavy (non-hydrogen) atoms. The van der Waals surface area contributed by atoms with Crippen molar-refractivity contribution in [2.75, 3.05) is 26.4 Å². The van der Waals surface area contributed by atoms with E-state index in [1.54, 1.807) is 0 Å². The third-order valence-corrected chi connectivity index (χ3v) is 12.0. The Kier molecular flexibility index (Phi) is 45.3. The molecule has 0 saturated heterocycles. The Balaban J connectivity index is 4.20. The third-order valence-electron chi connectivity index (χ3n) is 11.1. The highest BCUT2D eigenvalue weighted by Gasteiger charge is 2.27. The van der Waals surface area contributed by atoms with Crippen molar-refractivity contribution in [3.63, 3.8) is 0 Å². The lowest BCUT2D eigenvalue weighted by atomic mass is 10.0. The molecule has 1 unspecified atom stereocenters. The van der Waals surface area contributed by atoms with Crippen LogP contribution in [0, 0.1) is 0 Å². The number of allylic oxidation sites excluding steroid dienone is 4. The van der Waals surface area contributed by atoms with Crippen LogP contribution in [0.5, 0.6) is 0 Å². The highest BCUT2D eigenvalue weighted by atomic mass is 31.2. The number of carbonyl (C=O) groups excluding carboxylic acids is 2. The van der Waals surface area contributed by atoms with Gasteiger partial charge in [-0.1, -0.05) is 212 Å². The molecule has 0 saturated carbocycles. The van der Waals surface area contributed by atoms with Crippen molar-refractivity contribution >= 4 is 19.8 Å². The largest absolute Gasteiger partial charge is 0.472 e. The molecule has 3 N–H and O–H groups in total. The van der Waals surface area contributed by atoms with Crippen molar-refractivity contribution in [2.24, 2.45) is 0 Å². The van der Waals surface area contributed by atoms with Crippen molar-refractivity contribution in [2.45, 2.75) is 257 Å². The minimum Gasteiger partial charge on any atom is -0.462 e. The summed E-state index contributed by atoms with van der Waals surface area (Å²) < 4.78 is 32.7. The molecule has 0 spiro atoms. The van der Waals surface area contributed by atoms with E-state index in [1.165, 1.54) is 180 Å². The van der Waals surface area contributed by atoms with Crippen LogP contribution in [-0.2, 0) is 32.7 Å². The van der Waals surface area contributed by atoms with E-state index in [0.717, 1.165) is 25.7 Å². The van der Waals surface area contributed by atoms with E-state index >= 15 is 0 Å². The number of phosphoric acid groups is 1. The monoisotopic (exact) mass is 887 g/mol. The van der Waals surface area contributed by atoms with E-state index in [0.29, 0.717) is 12.8 Å². The summed E-state index contributed by atoms with van der Waals surface area (Å²) in [6.45, 7) is 2.35. The van der Waals surface area contributed by atoms with Gasteiger partial charge < -0.3 is 24.6 Å². The zero-order chi connectivity index (χ0) is 44.8. The topological polar surface area (TPSA) is 149 Å². The van der Waals surface area contributed by atoms with Gasteiger partial charge in [0.2, 0.25) is 0 Å². The predicted molar refractivity (Wildman–Crippen MR) is 252 cm³/mol. The van der Waals surface area contributed by atoms with Gasteiger partial charge in [0.25, 0.3) is 0 Å². The zero-order valence-corrected chi connectivity index (χ0v) is 40.3. The van der Waals surface area contributed by atoms with Gasteiger partial charge in [-0.25, -0.2) is 4.57 Å². The Morgan fingerprint density at radius 1 is 0.475 bits per heavy atom. The first-order valence-electron chi connectivity index (χ1n) is 25.3. The van der Waals surface area contributed by atoms with Crippen LogP contribution in [0.4, 0.5) is 0 Å². The number of ether oxygens (including phenoxy) is 2. The number of carbonyl (C=O) groups is 2.